The lowest BCUT2D eigenvalue weighted by Gasteiger charge is -2.10. The Kier molecular flexibility index (Phi) is 3.51. The van der Waals surface area contributed by atoms with Crippen LogP contribution >= 0.6 is 0 Å². The zero-order chi connectivity index (χ0) is 15.7. The molecule has 0 saturated carbocycles. The summed E-state index contributed by atoms with van der Waals surface area (Å²) in [5.41, 5.74) is 2.03. The third-order valence-corrected chi connectivity index (χ3v) is 3.66. The fourth-order valence-corrected chi connectivity index (χ4v) is 2.64. The Hall–Kier alpha value is -2.88. The van der Waals surface area contributed by atoms with Crippen LogP contribution < -0.4 is 5.56 Å². The van der Waals surface area contributed by atoms with E-state index in [9.17, 15) is 14.7 Å². The van der Waals surface area contributed by atoms with E-state index >= 15 is 0 Å². The van der Waals surface area contributed by atoms with Gasteiger partial charge < -0.3 is 9.67 Å². The number of benzene rings is 2. The van der Waals surface area contributed by atoms with Gasteiger partial charge in [0.1, 0.15) is 0 Å². The van der Waals surface area contributed by atoms with Crippen molar-refractivity contribution in [1.82, 2.24) is 4.57 Å². The SMILES string of the molecule is Cc1cccc(Cn2cc(C(=O)O)c3ccccc3c2=O)c1. The van der Waals surface area contributed by atoms with Crippen molar-refractivity contribution in [2.75, 3.05) is 0 Å². The highest BCUT2D eigenvalue weighted by Crippen LogP contribution is 2.16. The van der Waals surface area contributed by atoms with Crippen molar-refractivity contribution in [3.05, 3.63) is 81.8 Å². The number of aromatic nitrogens is 1. The van der Waals surface area contributed by atoms with Crippen LogP contribution in [0.1, 0.15) is 21.5 Å². The van der Waals surface area contributed by atoms with E-state index in [2.05, 4.69) is 0 Å². The van der Waals surface area contributed by atoms with Crippen molar-refractivity contribution in [3.63, 3.8) is 0 Å². The van der Waals surface area contributed by atoms with Gasteiger partial charge in [0.15, 0.2) is 0 Å². The molecular formula is C18H15NO3. The first-order valence-electron chi connectivity index (χ1n) is 6.97. The molecule has 0 amide bonds. The average molecular weight is 293 g/mol. The van der Waals surface area contributed by atoms with Gasteiger partial charge in [0.25, 0.3) is 5.56 Å². The number of aryl methyl sites for hydroxylation is 1. The van der Waals surface area contributed by atoms with Gasteiger partial charge in [-0.05, 0) is 18.6 Å². The van der Waals surface area contributed by atoms with Crippen LogP contribution in [0.5, 0.6) is 0 Å². The number of hydrogen-bond donors (Lipinski definition) is 1. The molecule has 0 fully saturated rings. The maximum absolute atomic E-state index is 12.6. The summed E-state index contributed by atoms with van der Waals surface area (Å²) >= 11 is 0. The number of rotatable bonds is 3. The molecule has 4 heteroatoms. The second kappa shape index (κ2) is 5.48. The summed E-state index contributed by atoms with van der Waals surface area (Å²) in [5.74, 6) is -1.03. The molecule has 0 bridgehead atoms. The molecule has 0 saturated heterocycles. The first kappa shape index (κ1) is 14.1. The van der Waals surface area contributed by atoms with Crippen molar-refractivity contribution >= 4 is 16.7 Å². The molecular weight excluding hydrogens is 278 g/mol. The molecule has 3 aromatic rings. The molecule has 0 atom stereocenters. The number of nitrogens with zero attached hydrogens (tertiary/aromatic N) is 1. The number of fused-ring (bicyclic) bond motifs is 1. The minimum absolute atomic E-state index is 0.142. The van der Waals surface area contributed by atoms with E-state index in [1.54, 1.807) is 24.3 Å². The van der Waals surface area contributed by atoms with Crippen molar-refractivity contribution in [2.45, 2.75) is 13.5 Å². The number of carboxylic acid groups (broad SMARTS) is 1. The Balaban J connectivity index is 2.20. The van der Waals surface area contributed by atoms with Gasteiger partial charge in [-0.25, -0.2) is 4.79 Å². The van der Waals surface area contributed by atoms with Crippen LogP contribution in [0.2, 0.25) is 0 Å². The molecule has 0 radical (unpaired) electrons. The molecule has 1 N–H and O–H groups in total. The van der Waals surface area contributed by atoms with Gasteiger partial charge in [-0.3, -0.25) is 4.79 Å². The topological polar surface area (TPSA) is 59.3 Å². The summed E-state index contributed by atoms with van der Waals surface area (Å²) in [4.78, 5) is 24.0. The Morgan fingerprint density at radius 3 is 2.50 bits per heavy atom. The number of hydrogen-bond acceptors (Lipinski definition) is 2. The summed E-state index contributed by atoms with van der Waals surface area (Å²) in [6.07, 6.45) is 1.43. The van der Waals surface area contributed by atoms with Crippen molar-refractivity contribution in [3.8, 4) is 0 Å². The summed E-state index contributed by atoms with van der Waals surface area (Å²) in [5, 5.41) is 10.3. The summed E-state index contributed by atoms with van der Waals surface area (Å²) in [6, 6.07) is 14.6. The number of pyridine rings is 1. The lowest BCUT2D eigenvalue weighted by Crippen LogP contribution is -2.22. The molecule has 0 aliphatic rings. The highest BCUT2D eigenvalue weighted by molar-refractivity contribution is 6.02. The molecule has 0 spiro atoms. The van der Waals surface area contributed by atoms with Gasteiger partial charge in [-0.1, -0.05) is 48.0 Å². The molecule has 0 aliphatic heterocycles. The van der Waals surface area contributed by atoms with Crippen LogP contribution in [0, 0.1) is 6.92 Å². The maximum atomic E-state index is 12.6. The fraction of sp³-hybridized carbons (Fsp3) is 0.111. The summed E-state index contributed by atoms with van der Waals surface area (Å²) in [6.45, 7) is 2.33. The minimum atomic E-state index is -1.03. The van der Waals surface area contributed by atoms with Crippen LogP contribution in [0.15, 0.2) is 59.5 Å². The lowest BCUT2D eigenvalue weighted by molar-refractivity contribution is 0.0698. The highest BCUT2D eigenvalue weighted by atomic mass is 16.4. The third-order valence-electron chi connectivity index (χ3n) is 3.66. The van der Waals surface area contributed by atoms with Crippen LogP contribution in [0.3, 0.4) is 0 Å². The van der Waals surface area contributed by atoms with E-state index in [0.29, 0.717) is 17.3 Å². The largest absolute Gasteiger partial charge is 0.478 e. The molecule has 22 heavy (non-hydrogen) atoms. The summed E-state index contributed by atoms with van der Waals surface area (Å²) < 4.78 is 1.46. The number of carbonyl (C=O) groups is 1. The van der Waals surface area contributed by atoms with Crippen LogP contribution in [0.4, 0.5) is 0 Å². The monoisotopic (exact) mass is 293 g/mol. The van der Waals surface area contributed by atoms with E-state index < -0.39 is 5.97 Å². The van der Waals surface area contributed by atoms with Crippen LogP contribution in [-0.4, -0.2) is 15.6 Å². The molecule has 1 heterocycles. The third kappa shape index (κ3) is 2.51. The second-order valence-corrected chi connectivity index (χ2v) is 5.32. The minimum Gasteiger partial charge on any atom is -0.478 e. The van der Waals surface area contributed by atoms with Gasteiger partial charge in [-0.2, -0.15) is 0 Å². The van der Waals surface area contributed by atoms with Crippen molar-refractivity contribution in [1.29, 1.82) is 0 Å². The second-order valence-electron chi connectivity index (χ2n) is 5.32. The molecule has 110 valence electrons. The van der Waals surface area contributed by atoms with Gasteiger partial charge in [0.2, 0.25) is 0 Å². The number of aromatic carboxylic acids is 1. The zero-order valence-corrected chi connectivity index (χ0v) is 12.1. The summed E-state index contributed by atoms with van der Waals surface area (Å²) in [7, 11) is 0. The first-order valence-corrected chi connectivity index (χ1v) is 6.97. The first-order chi connectivity index (χ1) is 10.6. The quantitative estimate of drug-likeness (QED) is 0.807. The average Bonchev–Trinajstić information content (AvgIpc) is 2.50. The molecule has 1 aromatic heterocycles. The highest BCUT2D eigenvalue weighted by Gasteiger charge is 2.13. The van der Waals surface area contributed by atoms with E-state index in [4.69, 9.17) is 0 Å². The predicted octanol–water partition coefficient (Wildman–Crippen LogP) is 3.06. The predicted molar refractivity (Wildman–Crippen MR) is 85.4 cm³/mol. The van der Waals surface area contributed by atoms with Crippen LogP contribution in [-0.2, 0) is 6.54 Å². The van der Waals surface area contributed by atoms with E-state index in [1.807, 2.05) is 31.2 Å². The molecule has 3 rings (SSSR count). The molecule has 0 aliphatic carbocycles. The Bertz CT molecular complexity index is 925. The smallest absolute Gasteiger partial charge is 0.337 e. The lowest BCUT2D eigenvalue weighted by atomic mass is 10.1. The Morgan fingerprint density at radius 1 is 1.09 bits per heavy atom. The van der Waals surface area contributed by atoms with E-state index in [-0.39, 0.29) is 11.1 Å². The normalized spacial score (nSPS) is 10.8. The molecule has 0 unspecified atom stereocenters. The number of carboxylic acids is 1. The van der Waals surface area contributed by atoms with E-state index in [1.165, 1.54) is 10.8 Å². The maximum Gasteiger partial charge on any atom is 0.337 e. The molecule has 4 nitrogen and oxygen atoms in total. The van der Waals surface area contributed by atoms with Crippen LogP contribution in [0.25, 0.3) is 10.8 Å². The zero-order valence-electron chi connectivity index (χ0n) is 12.1. The van der Waals surface area contributed by atoms with Crippen molar-refractivity contribution < 1.29 is 9.90 Å². The van der Waals surface area contributed by atoms with E-state index in [0.717, 1.165) is 11.1 Å². The standard InChI is InChI=1S/C18H15NO3/c1-12-5-4-6-13(9-12)10-19-11-16(18(21)22)14-7-2-3-8-15(14)17(19)20/h2-9,11H,10H2,1H3,(H,21,22). The van der Waals surface area contributed by atoms with Gasteiger partial charge in [-0.15, -0.1) is 0 Å². The Morgan fingerprint density at radius 2 is 1.82 bits per heavy atom. The molecule has 2 aromatic carbocycles. The van der Waals surface area contributed by atoms with Gasteiger partial charge in [0.05, 0.1) is 12.1 Å². The fourth-order valence-electron chi connectivity index (χ4n) is 2.64. The van der Waals surface area contributed by atoms with Gasteiger partial charge in [0, 0.05) is 17.0 Å². The van der Waals surface area contributed by atoms with Gasteiger partial charge >= 0.3 is 5.97 Å². The Labute approximate surface area is 127 Å². The van der Waals surface area contributed by atoms with Crippen molar-refractivity contribution in [2.24, 2.45) is 0 Å².